The molecule has 2 aliphatic rings. The third kappa shape index (κ3) is 4.21. The van der Waals surface area contributed by atoms with E-state index in [1.807, 2.05) is 0 Å². The summed E-state index contributed by atoms with van der Waals surface area (Å²) in [6, 6.07) is 8.59. The smallest absolute Gasteiger partial charge is 0.307 e. The Morgan fingerprint density at radius 2 is 2.07 bits per heavy atom. The Kier molecular flexibility index (Phi) is 5.25. The minimum Gasteiger partial charge on any atom is -0.437 e. The molecule has 1 aromatic heterocycles. The number of oxazole rings is 1. The number of hydrogen-bond acceptors (Lipinski definition) is 4. The molecule has 0 bridgehead atoms. The Balaban J connectivity index is 1.37. The van der Waals surface area contributed by atoms with Crippen molar-refractivity contribution in [2.24, 2.45) is 0 Å². The summed E-state index contributed by atoms with van der Waals surface area (Å²) in [6.07, 6.45) is 2.56. The van der Waals surface area contributed by atoms with Gasteiger partial charge in [0.25, 0.3) is 5.89 Å². The maximum absolute atomic E-state index is 13.3. The van der Waals surface area contributed by atoms with Crippen LogP contribution in [0.1, 0.15) is 59.5 Å². The van der Waals surface area contributed by atoms with Crippen molar-refractivity contribution in [1.82, 2.24) is 15.2 Å². The molecule has 1 amide bonds. The maximum atomic E-state index is 13.3. The molecular weight excluding hydrogens is 345 g/mol. The van der Waals surface area contributed by atoms with Crippen LogP contribution in [0.15, 0.2) is 28.7 Å². The number of nitrogens with zero attached hydrogens (tertiary/aromatic N) is 2. The van der Waals surface area contributed by atoms with E-state index in [9.17, 15) is 9.18 Å². The summed E-state index contributed by atoms with van der Waals surface area (Å²) < 4.78 is 19.0. The quantitative estimate of drug-likeness (QED) is 0.875. The van der Waals surface area contributed by atoms with Crippen LogP contribution in [0.25, 0.3) is 0 Å². The van der Waals surface area contributed by atoms with Gasteiger partial charge in [-0.05, 0) is 36.8 Å². The van der Waals surface area contributed by atoms with E-state index in [2.05, 4.69) is 46.4 Å². The van der Waals surface area contributed by atoms with Crippen LogP contribution in [0.5, 0.6) is 0 Å². The van der Waals surface area contributed by atoms with Gasteiger partial charge in [0.15, 0.2) is 0 Å². The first-order chi connectivity index (χ1) is 13.1. The van der Waals surface area contributed by atoms with E-state index in [0.29, 0.717) is 25.8 Å². The molecular formula is C21H26FN3O2. The van der Waals surface area contributed by atoms with Crippen LogP contribution < -0.4 is 5.32 Å². The van der Waals surface area contributed by atoms with Gasteiger partial charge < -0.3 is 9.73 Å². The Hall–Kier alpha value is -2.21. The number of alkyl halides is 1. The zero-order valence-corrected chi connectivity index (χ0v) is 15.7. The van der Waals surface area contributed by atoms with Crippen molar-refractivity contribution < 1.29 is 13.6 Å². The van der Waals surface area contributed by atoms with E-state index in [0.717, 1.165) is 37.4 Å². The van der Waals surface area contributed by atoms with Crippen LogP contribution in [-0.2, 0) is 25.9 Å². The standard InChI is InChI=1S/C21H26FN3O2/c1-2-14-3-5-15(6-4-14)12-25-10-9-19-18(13-25)24-21(27-19)20(26)23-17-8-7-16(22)11-17/h3-6,16-17H,2,7-13H2,1H3,(H,23,26)/t16-,17-/m1/s1. The van der Waals surface area contributed by atoms with Gasteiger partial charge in [-0.1, -0.05) is 31.2 Å². The summed E-state index contributed by atoms with van der Waals surface area (Å²) >= 11 is 0. The fourth-order valence-electron chi connectivity index (χ4n) is 3.93. The highest BCUT2D eigenvalue weighted by Crippen LogP contribution is 2.24. The van der Waals surface area contributed by atoms with E-state index in [4.69, 9.17) is 4.42 Å². The van der Waals surface area contributed by atoms with Gasteiger partial charge in [0, 0.05) is 32.1 Å². The zero-order valence-electron chi connectivity index (χ0n) is 15.7. The molecule has 2 atom stereocenters. The van der Waals surface area contributed by atoms with Crippen LogP contribution in [0.3, 0.4) is 0 Å². The molecule has 1 fully saturated rings. The van der Waals surface area contributed by atoms with Gasteiger partial charge in [-0.25, -0.2) is 9.37 Å². The molecule has 0 radical (unpaired) electrons. The minimum absolute atomic E-state index is 0.108. The lowest BCUT2D eigenvalue weighted by Crippen LogP contribution is -2.33. The highest BCUT2D eigenvalue weighted by Gasteiger charge is 2.29. The fraction of sp³-hybridized carbons (Fsp3) is 0.524. The monoisotopic (exact) mass is 371 g/mol. The number of halogens is 1. The van der Waals surface area contributed by atoms with E-state index in [1.165, 1.54) is 11.1 Å². The van der Waals surface area contributed by atoms with Crippen molar-refractivity contribution in [3.63, 3.8) is 0 Å². The van der Waals surface area contributed by atoms with E-state index < -0.39 is 6.17 Å². The van der Waals surface area contributed by atoms with Crippen LogP contribution in [0.2, 0.25) is 0 Å². The van der Waals surface area contributed by atoms with Crippen LogP contribution >= 0.6 is 0 Å². The van der Waals surface area contributed by atoms with Gasteiger partial charge in [-0.2, -0.15) is 0 Å². The molecule has 1 N–H and O–H groups in total. The van der Waals surface area contributed by atoms with Crippen molar-refractivity contribution in [1.29, 1.82) is 0 Å². The summed E-state index contributed by atoms with van der Waals surface area (Å²) in [5, 5.41) is 2.85. The van der Waals surface area contributed by atoms with Crippen molar-refractivity contribution in [2.45, 2.75) is 64.3 Å². The number of rotatable bonds is 5. The second kappa shape index (κ2) is 7.80. The Morgan fingerprint density at radius 1 is 1.30 bits per heavy atom. The molecule has 2 heterocycles. The number of hydrogen-bond donors (Lipinski definition) is 1. The average Bonchev–Trinajstić information content (AvgIpc) is 3.28. The minimum atomic E-state index is -0.812. The summed E-state index contributed by atoms with van der Waals surface area (Å²) in [5.74, 6) is 0.578. The highest BCUT2D eigenvalue weighted by atomic mass is 19.1. The van der Waals surface area contributed by atoms with Crippen molar-refractivity contribution in [2.75, 3.05) is 6.54 Å². The Bertz CT molecular complexity index is 802. The second-order valence-electron chi connectivity index (χ2n) is 7.60. The molecule has 27 heavy (non-hydrogen) atoms. The summed E-state index contributed by atoms with van der Waals surface area (Å²) in [6.45, 7) is 4.57. The third-order valence-corrected chi connectivity index (χ3v) is 5.54. The fourth-order valence-corrected chi connectivity index (χ4v) is 3.93. The second-order valence-corrected chi connectivity index (χ2v) is 7.60. The first-order valence-electron chi connectivity index (χ1n) is 9.84. The number of aryl methyl sites for hydroxylation is 1. The molecule has 4 rings (SSSR count). The largest absolute Gasteiger partial charge is 0.437 e. The molecule has 144 valence electrons. The lowest BCUT2D eigenvalue weighted by atomic mass is 10.1. The molecule has 1 aliphatic heterocycles. The Morgan fingerprint density at radius 3 is 2.78 bits per heavy atom. The summed E-state index contributed by atoms with van der Waals surface area (Å²) in [5.41, 5.74) is 3.46. The molecule has 0 spiro atoms. The van der Waals surface area contributed by atoms with Gasteiger partial charge in [0.05, 0.1) is 5.69 Å². The highest BCUT2D eigenvalue weighted by molar-refractivity contribution is 5.90. The van der Waals surface area contributed by atoms with E-state index in [1.54, 1.807) is 0 Å². The van der Waals surface area contributed by atoms with Gasteiger partial charge in [0.1, 0.15) is 11.9 Å². The summed E-state index contributed by atoms with van der Waals surface area (Å²) in [7, 11) is 0. The number of amides is 1. The van der Waals surface area contributed by atoms with Crippen molar-refractivity contribution >= 4 is 5.91 Å². The predicted octanol–water partition coefficient (Wildman–Crippen LogP) is 3.42. The molecule has 5 nitrogen and oxygen atoms in total. The molecule has 2 aromatic rings. The number of aromatic nitrogens is 1. The number of fused-ring (bicyclic) bond motifs is 1. The molecule has 0 saturated heterocycles. The van der Waals surface area contributed by atoms with E-state index in [-0.39, 0.29) is 17.8 Å². The van der Waals surface area contributed by atoms with Gasteiger partial charge in [0.2, 0.25) is 0 Å². The van der Waals surface area contributed by atoms with Gasteiger partial charge in [-0.3, -0.25) is 9.69 Å². The molecule has 1 aliphatic carbocycles. The lowest BCUT2D eigenvalue weighted by Gasteiger charge is -2.25. The third-order valence-electron chi connectivity index (χ3n) is 5.54. The number of carbonyl (C=O) groups excluding carboxylic acids is 1. The van der Waals surface area contributed by atoms with Crippen LogP contribution in [0.4, 0.5) is 4.39 Å². The zero-order chi connectivity index (χ0) is 18.8. The van der Waals surface area contributed by atoms with E-state index >= 15 is 0 Å². The normalized spacial score (nSPS) is 22.6. The average molecular weight is 371 g/mol. The molecule has 0 unspecified atom stereocenters. The number of carbonyl (C=O) groups is 1. The SMILES string of the molecule is CCc1ccc(CN2CCc3oc(C(=O)N[C@@H]4CC[C@@H](F)C4)nc3C2)cc1. The first kappa shape index (κ1) is 18.2. The summed E-state index contributed by atoms with van der Waals surface area (Å²) in [4.78, 5) is 19.1. The van der Waals surface area contributed by atoms with Crippen molar-refractivity contribution in [3.05, 3.63) is 52.7 Å². The van der Waals surface area contributed by atoms with Gasteiger partial charge >= 0.3 is 5.91 Å². The van der Waals surface area contributed by atoms with Crippen molar-refractivity contribution in [3.8, 4) is 0 Å². The molecule has 1 aromatic carbocycles. The number of nitrogens with one attached hydrogen (secondary N) is 1. The van der Waals surface area contributed by atoms with Crippen LogP contribution in [0, 0.1) is 0 Å². The lowest BCUT2D eigenvalue weighted by molar-refractivity contribution is 0.0899. The molecule has 1 saturated carbocycles. The predicted molar refractivity (Wildman–Crippen MR) is 100 cm³/mol. The van der Waals surface area contributed by atoms with Crippen LogP contribution in [-0.4, -0.2) is 34.5 Å². The first-order valence-corrected chi connectivity index (χ1v) is 9.84. The maximum Gasteiger partial charge on any atom is 0.307 e. The number of benzene rings is 1. The Labute approximate surface area is 159 Å². The van der Waals surface area contributed by atoms with Gasteiger partial charge in [-0.15, -0.1) is 0 Å². The topological polar surface area (TPSA) is 58.4 Å². The molecule has 6 heteroatoms.